The number of carbonyl (C=O) groups excluding carboxylic acids is 1. The Bertz CT molecular complexity index is 1140. The summed E-state index contributed by atoms with van der Waals surface area (Å²) in [5, 5.41) is 11.7. The highest BCUT2D eigenvalue weighted by molar-refractivity contribution is 6.12. The second-order valence-electron chi connectivity index (χ2n) is 7.71. The number of fused-ring (bicyclic) bond motifs is 1. The van der Waals surface area contributed by atoms with Crippen molar-refractivity contribution in [3.8, 4) is 17.2 Å². The highest BCUT2D eigenvalue weighted by atomic mass is 19.4. The number of alkyl halides is 3. The molecule has 4 rings (SSSR count). The molecule has 2 N–H and O–H groups in total. The van der Waals surface area contributed by atoms with E-state index in [0.717, 1.165) is 11.1 Å². The lowest BCUT2D eigenvalue weighted by molar-refractivity contribution is -0.140. The number of benzene rings is 2. The van der Waals surface area contributed by atoms with Crippen LogP contribution in [-0.2, 0) is 17.6 Å². The Balaban J connectivity index is 1.58. The Morgan fingerprint density at radius 1 is 1.15 bits per heavy atom. The summed E-state index contributed by atoms with van der Waals surface area (Å²) in [5.41, 5.74) is 0.683. The van der Waals surface area contributed by atoms with Crippen molar-refractivity contribution in [1.29, 1.82) is 0 Å². The maximum Gasteiger partial charge on any atom is 0.420 e. The van der Waals surface area contributed by atoms with Crippen molar-refractivity contribution in [2.75, 3.05) is 26.9 Å². The van der Waals surface area contributed by atoms with E-state index in [0.29, 0.717) is 18.1 Å². The number of ether oxygens (including phenoxy) is 3. The van der Waals surface area contributed by atoms with Gasteiger partial charge in [0, 0.05) is 23.5 Å². The predicted octanol–water partition coefficient (Wildman–Crippen LogP) is 3.61. The molecule has 2 aromatic carbocycles. The molecule has 2 aliphatic heterocycles. The van der Waals surface area contributed by atoms with Gasteiger partial charge < -0.3 is 24.6 Å². The molecule has 2 aromatic rings. The monoisotopic (exact) mass is 476 g/mol. The number of amides is 1. The van der Waals surface area contributed by atoms with Crippen molar-refractivity contribution >= 4 is 11.7 Å². The van der Waals surface area contributed by atoms with E-state index in [9.17, 15) is 18.0 Å². The van der Waals surface area contributed by atoms with Crippen molar-refractivity contribution in [3.05, 3.63) is 64.7 Å². The summed E-state index contributed by atoms with van der Waals surface area (Å²) in [6.07, 6.45) is -2.46. The summed E-state index contributed by atoms with van der Waals surface area (Å²) in [6.45, 7) is -0.545. The van der Waals surface area contributed by atoms with Crippen LogP contribution in [0.3, 0.4) is 0 Å². The summed E-state index contributed by atoms with van der Waals surface area (Å²) in [6, 6.07) is 9.05. The average molecular weight is 476 g/mol. The number of aliphatic hydroxyl groups is 1. The minimum atomic E-state index is -4.67. The molecule has 0 aromatic heterocycles. The van der Waals surface area contributed by atoms with E-state index in [1.54, 1.807) is 18.2 Å². The minimum Gasteiger partial charge on any atom is -0.493 e. The van der Waals surface area contributed by atoms with Crippen LogP contribution in [0.15, 0.2) is 53.0 Å². The molecule has 34 heavy (non-hydrogen) atoms. The molecule has 0 saturated carbocycles. The van der Waals surface area contributed by atoms with Crippen LogP contribution in [-0.4, -0.2) is 43.7 Å². The SMILES string of the molecule is COc1cc(C2CC(=O)NC3=NCC=C32)ccc1OCc1cccc(OCCO)c1C(F)(F)F. The van der Waals surface area contributed by atoms with Crippen molar-refractivity contribution in [1.82, 2.24) is 5.32 Å². The summed E-state index contributed by atoms with van der Waals surface area (Å²) in [7, 11) is 1.44. The van der Waals surface area contributed by atoms with E-state index in [-0.39, 0.29) is 48.5 Å². The number of nitrogens with zero attached hydrogens (tertiary/aromatic N) is 1. The molecule has 2 heterocycles. The Kier molecular flexibility index (Phi) is 6.78. The van der Waals surface area contributed by atoms with Crippen molar-refractivity contribution in [3.63, 3.8) is 0 Å². The van der Waals surface area contributed by atoms with Crippen molar-refractivity contribution in [2.24, 2.45) is 4.99 Å². The van der Waals surface area contributed by atoms with Gasteiger partial charge in [-0.15, -0.1) is 0 Å². The number of aliphatic hydroxyl groups excluding tert-OH is 1. The third-order valence-corrected chi connectivity index (χ3v) is 5.57. The maximum absolute atomic E-state index is 13.7. The average Bonchev–Trinajstić information content (AvgIpc) is 3.28. The van der Waals surface area contributed by atoms with Gasteiger partial charge in [0.05, 0.1) is 20.3 Å². The number of carbonyl (C=O) groups is 1. The molecule has 0 radical (unpaired) electrons. The zero-order valence-corrected chi connectivity index (χ0v) is 18.3. The lowest BCUT2D eigenvalue weighted by Gasteiger charge is -2.26. The number of piperidine rings is 1. The van der Waals surface area contributed by atoms with Crippen LogP contribution in [0.1, 0.15) is 29.0 Å². The molecule has 0 aliphatic carbocycles. The smallest absolute Gasteiger partial charge is 0.420 e. The van der Waals surface area contributed by atoms with E-state index >= 15 is 0 Å². The number of amidine groups is 1. The van der Waals surface area contributed by atoms with Gasteiger partial charge in [-0.25, -0.2) is 0 Å². The van der Waals surface area contributed by atoms with E-state index in [1.165, 1.54) is 25.3 Å². The number of hydrogen-bond donors (Lipinski definition) is 2. The molecule has 180 valence electrons. The van der Waals surface area contributed by atoms with Gasteiger partial charge in [0.25, 0.3) is 0 Å². The fourth-order valence-electron chi connectivity index (χ4n) is 4.09. The highest BCUT2D eigenvalue weighted by Gasteiger charge is 2.37. The van der Waals surface area contributed by atoms with E-state index in [2.05, 4.69) is 10.3 Å². The molecule has 10 heteroatoms. The lowest BCUT2D eigenvalue weighted by atomic mass is 9.85. The normalized spacial score (nSPS) is 17.4. The zero-order valence-electron chi connectivity index (χ0n) is 18.3. The number of methoxy groups -OCH3 is 1. The Morgan fingerprint density at radius 2 is 1.97 bits per heavy atom. The van der Waals surface area contributed by atoms with Gasteiger partial charge in [0.1, 0.15) is 30.4 Å². The second-order valence-corrected chi connectivity index (χ2v) is 7.71. The van der Waals surface area contributed by atoms with Crippen LogP contribution in [0, 0.1) is 0 Å². The first-order valence-corrected chi connectivity index (χ1v) is 10.6. The van der Waals surface area contributed by atoms with Gasteiger partial charge in [-0.1, -0.05) is 24.3 Å². The molecule has 1 unspecified atom stereocenters. The summed E-state index contributed by atoms with van der Waals surface area (Å²) < 4.78 is 57.4. The Morgan fingerprint density at radius 3 is 2.71 bits per heavy atom. The molecular formula is C24H23F3N2O5. The number of aliphatic imine (C=N–C) groups is 1. The molecule has 1 saturated heterocycles. The molecule has 0 bridgehead atoms. The molecule has 7 nitrogen and oxygen atoms in total. The molecule has 0 spiro atoms. The van der Waals surface area contributed by atoms with Gasteiger partial charge >= 0.3 is 6.18 Å². The van der Waals surface area contributed by atoms with Crippen molar-refractivity contribution in [2.45, 2.75) is 25.1 Å². The van der Waals surface area contributed by atoms with Crippen LogP contribution in [0.5, 0.6) is 17.2 Å². The molecule has 1 atom stereocenters. The van der Waals surface area contributed by atoms with Crippen LogP contribution in [0.4, 0.5) is 13.2 Å². The summed E-state index contributed by atoms with van der Waals surface area (Å²) >= 11 is 0. The topological polar surface area (TPSA) is 89.4 Å². The van der Waals surface area contributed by atoms with Crippen LogP contribution in [0.2, 0.25) is 0 Å². The number of hydrogen-bond acceptors (Lipinski definition) is 6. The fraction of sp³-hybridized carbons (Fsp3) is 0.333. The first-order valence-electron chi connectivity index (χ1n) is 10.6. The third kappa shape index (κ3) is 4.86. The standard InChI is InChI=1S/C24H23F3N2O5/c1-32-20-11-14(17-12-21(31)29-23-16(17)7-8-28-23)5-6-18(20)34-13-15-3-2-4-19(33-10-9-30)22(15)24(25,26)27/h2-7,11,17,30H,8-10,12-13H2,1H3,(H,28,29,31). The highest BCUT2D eigenvalue weighted by Crippen LogP contribution is 2.41. The Labute approximate surface area is 193 Å². The first kappa shape index (κ1) is 23.6. The van der Waals surface area contributed by atoms with Gasteiger partial charge in [0.2, 0.25) is 5.91 Å². The zero-order chi connectivity index (χ0) is 24.3. The van der Waals surface area contributed by atoms with Gasteiger partial charge in [-0.05, 0) is 23.8 Å². The molecular weight excluding hydrogens is 453 g/mol. The van der Waals surface area contributed by atoms with Crippen molar-refractivity contribution < 1.29 is 37.3 Å². The minimum absolute atomic E-state index is 0.116. The van der Waals surface area contributed by atoms with Gasteiger partial charge in [-0.3, -0.25) is 9.79 Å². The Hall–Kier alpha value is -3.53. The third-order valence-electron chi connectivity index (χ3n) is 5.57. The number of nitrogens with one attached hydrogen (secondary N) is 1. The van der Waals surface area contributed by atoms with E-state index in [4.69, 9.17) is 19.3 Å². The van der Waals surface area contributed by atoms with E-state index in [1.807, 2.05) is 6.08 Å². The van der Waals surface area contributed by atoms with Gasteiger partial charge in [0.15, 0.2) is 11.5 Å². The number of rotatable bonds is 8. The van der Waals surface area contributed by atoms with Crippen LogP contribution < -0.4 is 19.5 Å². The van der Waals surface area contributed by atoms with E-state index < -0.39 is 18.3 Å². The lowest BCUT2D eigenvalue weighted by Crippen LogP contribution is -2.38. The fourth-order valence-corrected chi connectivity index (χ4v) is 4.09. The summed E-state index contributed by atoms with van der Waals surface area (Å²) in [4.78, 5) is 16.4. The van der Waals surface area contributed by atoms with Crippen LogP contribution in [0.25, 0.3) is 0 Å². The molecule has 1 fully saturated rings. The quantitative estimate of drug-likeness (QED) is 0.608. The largest absolute Gasteiger partial charge is 0.493 e. The van der Waals surface area contributed by atoms with Gasteiger partial charge in [-0.2, -0.15) is 13.2 Å². The maximum atomic E-state index is 13.7. The second kappa shape index (κ2) is 9.76. The number of halogens is 3. The predicted molar refractivity (Wildman–Crippen MR) is 117 cm³/mol. The first-order chi connectivity index (χ1) is 16.3. The summed E-state index contributed by atoms with van der Waals surface area (Å²) in [5.74, 6) is 0.462. The molecule has 1 amide bonds. The van der Waals surface area contributed by atoms with Crippen LogP contribution >= 0.6 is 0 Å². The molecule has 2 aliphatic rings.